The normalized spacial score (nSPS) is 15.9. The predicted molar refractivity (Wildman–Crippen MR) is 81.2 cm³/mol. The minimum Gasteiger partial charge on any atom is -0.504 e. The van der Waals surface area contributed by atoms with Crippen molar-refractivity contribution < 1.29 is 10.2 Å². The lowest BCUT2D eigenvalue weighted by molar-refractivity contribution is 0.397. The van der Waals surface area contributed by atoms with Gasteiger partial charge in [-0.2, -0.15) is 0 Å². The van der Waals surface area contributed by atoms with E-state index < -0.39 is 0 Å². The fraction of sp³-hybridized carbons (Fsp3) is 0.333. The van der Waals surface area contributed by atoms with Gasteiger partial charge in [0, 0.05) is 11.5 Å². The molecule has 3 rings (SSSR count). The summed E-state index contributed by atoms with van der Waals surface area (Å²) in [7, 11) is 0. The Kier molecular flexibility index (Phi) is 3.39. The van der Waals surface area contributed by atoms with E-state index in [1.807, 2.05) is 12.1 Å². The van der Waals surface area contributed by atoms with E-state index in [1.165, 1.54) is 24.0 Å². The Hall–Kier alpha value is -1.96. The summed E-state index contributed by atoms with van der Waals surface area (Å²) in [6.45, 7) is 2.19. The van der Waals surface area contributed by atoms with E-state index in [2.05, 4.69) is 25.1 Å². The number of unbranched alkanes of at least 4 members (excludes halogenated alkanes) is 2. The van der Waals surface area contributed by atoms with Crippen molar-refractivity contribution in [1.29, 1.82) is 0 Å². The average molecular weight is 268 g/mol. The quantitative estimate of drug-likeness (QED) is 0.618. The number of rotatable bonds is 4. The van der Waals surface area contributed by atoms with Gasteiger partial charge in [0.25, 0.3) is 0 Å². The molecule has 0 saturated carbocycles. The molecular weight excluding hydrogens is 248 g/mol. The smallest absolute Gasteiger partial charge is 0.161 e. The highest BCUT2D eigenvalue weighted by Gasteiger charge is 2.31. The third-order valence-corrected chi connectivity index (χ3v) is 4.27. The molecule has 0 heterocycles. The first kappa shape index (κ1) is 13.0. The zero-order valence-corrected chi connectivity index (χ0v) is 11.8. The van der Waals surface area contributed by atoms with Crippen molar-refractivity contribution in [3.05, 3.63) is 47.5 Å². The molecule has 2 heteroatoms. The summed E-state index contributed by atoms with van der Waals surface area (Å²) >= 11 is 0. The molecule has 104 valence electrons. The SMILES string of the molecule is CCCCCC1c2ccccc2-c2ccc(O)c(O)c21. The van der Waals surface area contributed by atoms with Gasteiger partial charge in [-0.3, -0.25) is 0 Å². The van der Waals surface area contributed by atoms with Gasteiger partial charge in [-0.1, -0.05) is 56.5 Å². The molecule has 0 fully saturated rings. The number of phenolic OH excluding ortho intramolecular Hbond substituents is 2. The van der Waals surface area contributed by atoms with Gasteiger partial charge < -0.3 is 10.2 Å². The van der Waals surface area contributed by atoms with Crippen LogP contribution in [0.1, 0.15) is 49.7 Å². The average Bonchev–Trinajstić information content (AvgIpc) is 2.78. The second kappa shape index (κ2) is 5.20. The lowest BCUT2D eigenvalue weighted by Gasteiger charge is -2.15. The summed E-state index contributed by atoms with van der Waals surface area (Å²) in [4.78, 5) is 0. The van der Waals surface area contributed by atoms with Crippen molar-refractivity contribution in [2.75, 3.05) is 0 Å². The van der Waals surface area contributed by atoms with Gasteiger partial charge in [0.15, 0.2) is 11.5 Å². The first-order valence-corrected chi connectivity index (χ1v) is 7.38. The summed E-state index contributed by atoms with van der Waals surface area (Å²) < 4.78 is 0. The van der Waals surface area contributed by atoms with Gasteiger partial charge in [0.05, 0.1) is 0 Å². The highest BCUT2D eigenvalue weighted by atomic mass is 16.3. The molecule has 1 atom stereocenters. The Morgan fingerprint density at radius 2 is 1.75 bits per heavy atom. The minimum absolute atomic E-state index is 0.0166. The van der Waals surface area contributed by atoms with Crippen LogP contribution in [0.3, 0.4) is 0 Å². The first-order chi connectivity index (χ1) is 9.74. The molecule has 2 aromatic carbocycles. The zero-order chi connectivity index (χ0) is 14.1. The standard InChI is InChI=1S/C18H20O2/c1-2-3-4-9-14-12-7-5-6-8-13(12)15-10-11-16(19)18(20)17(14)15/h5-8,10-11,14,19-20H,2-4,9H2,1H3. The Labute approximate surface area is 119 Å². The van der Waals surface area contributed by atoms with Gasteiger partial charge in [0.2, 0.25) is 0 Å². The van der Waals surface area contributed by atoms with Crippen LogP contribution in [0.2, 0.25) is 0 Å². The summed E-state index contributed by atoms with van der Waals surface area (Å²) in [5.74, 6) is 0.247. The van der Waals surface area contributed by atoms with Gasteiger partial charge in [-0.05, 0) is 29.2 Å². The molecule has 2 nitrogen and oxygen atoms in total. The van der Waals surface area contributed by atoms with Crippen LogP contribution in [0.15, 0.2) is 36.4 Å². The number of phenols is 2. The molecule has 2 aromatic rings. The first-order valence-electron chi connectivity index (χ1n) is 7.38. The van der Waals surface area contributed by atoms with E-state index in [4.69, 9.17) is 0 Å². The van der Waals surface area contributed by atoms with Crippen LogP contribution in [-0.2, 0) is 0 Å². The minimum atomic E-state index is -0.0166. The lowest BCUT2D eigenvalue weighted by Crippen LogP contribution is -1.97. The van der Waals surface area contributed by atoms with Crippen LogP contribution >= 0.6 is 0 Å². The highest BCUT2D eigenvalue weighted by molar-refractivity contribution is 5.82. The Morgan fingerprint density at radius 3 is 2.55 bits per heavy atom. The third kappa shape index (κ3) is 1.96. The maximum atomic E-state index is 10.3. The maximum Gasteiger partial charge on any atom is 0.161 e. The maximum absolute atomic E-state index is 10.3. The molecule has 0 aliphatic heterocycles. The number of aromatic hydroxyl groups is 2. The van der Waals surface area contributed by atoms with Gasteiger partial charge in [-0.15, -0.1) is 0 Å². The van der Waals surface area contributed by atoms with E-state index in [0.717, 1.165) is 24.0 Å². The van der Waals surface area contributed by atoms with E-state index in [-0.39, 0.29) is 17.4 Å². The summed E-state index contributed by atoms with van der Waals surface area (Å²) in [6.07, 6.45) is 4.56. The van der Waals surface area contributed by atoms with Crippen LogP contribution in [0.4, 0.5) is 0 Å². The van der Waals surface area contributed by atoms with Crippen molar-refractivity contribution in [2.24, 2.45) is 0 Å². The molecule has 0 radical (unpaired) electrons. The number of hydrogen-bond donors (Lipinski definition) is 2. The molecular formula is C18H20O2. The number of fused-ring (bicyclic) bond motifs is 3. The molecule has 2 N–H and O–H groups in total. The van der Waals surface area contributed by atoms with Crippen molar-refractivity contribution >= 4 is 0 Å². The topological polar surface area (TPSA) is 40.5 Å². The molecule has 0 amide bonds. The van der Waals surface area contributed by atoms with Gasteiger partial charge in [0.1, 0.15) is 0 Å². The van der Waals surface area contributed by atoms with Crippen LogP contribution in [0, 0.1) is 0 Å². The van der Waals surface area contributed by atoms with Crippen LogP contribution in [0.5, 0.6) is 11.5 Å². The molecule has 0 bridgehead atoms. The van der Waals surface area contributed by atoms with E-state index in [1.54, 1.807) is 6.07 Å². The Morgan fingerprint density at radius 1 is 0.950 bits per heavy atom. The van der Waals surface area contributed by atoms with Gasteiger partial charge >= 0.3 is 0 Å². The molecule has 0 saturated heterocycles. The highest BCUT2D eigenvalue weighted by Crippen LogP contribution is 2.52. The van der Waals surface area contributed by atoms with Crippen molar-refractivity contribution in [2.45, 2.75) is 38.5 Å². The van der Waals surface area contributed by atoms with E-state index in [0.29, 0.717) is 0 Å². The van der Waals surface area contributed by atoms with Crippen molar-refractivity contribution in [3.8, 4) is 22.6 Å². The fourth-order valence-electron chi connectivity index (χ4n) is 3.28. The van der Waals surface area contributed by atoms with Crippen LogP contribution < -0.4 is 0 Å². The summed E-state index contributed by atoms with van der Waals surface area (Å²) in [5.41, 5.74) is 4.44. The summed E-state index contributed by atoms with van der Waals surface area (Å²) in [5, 5.41) is 20.1. The molecule has 1 aliphatic rings. The monoisotopic (exact) mass is 268 g/mol. The van der Waals surface area contributed by atoms with Crippen LogP contribution in [0.25, 0.3) is 11.1 Å². The van der Waals surface area contributed by atoms with Crippen LogP contribution in [-0.4, -0.2) is 10.2 Å². The van der Waals surface area contributed by atoms with E-state index in [9.17, 15) is 10.2 Å². The summed E-state index contributed by atoms with van der Waals surface area (Å²) in [6, 6.07) is 11.8. The van der Waals surface area contributed by atoms with Gasteiger partial charge in [-0.25, -0.2) is 0 Å². The number of hydrogen-bond acceptors (Lipinski definition) is 2. The molecule has 0 aromatic heterocycles. The third-order valence-electron chi connectivity index (χ3n) is 4.27. The largest absolute Gasteiger partial charge is 0.504 e. The predicted octanol–water partition coefficient (Wildman–Crippen LogP) is 4.79. The Balaban J connectivity index is 2.08. The second-order valence-electron chi connectivity index (χ2n) is 5.53. The van der Waals surface area contributed by atoms with Crippen molar-refractivity contribution in [1.82, 2.24) is 0 Å². The fourth-order valence-corrected chi connectivity index (χ4v) is 3.28. The molecule has 1 aliphatic carbocycles. The second-order valence-corrected chi connectivity index (χ2v) is 5.53. The molecule has 1 unspecified atom stereocenters. The van der Waals surface area contributed by atoms with Crippen molar-refractivity contribution in [3.63, 3.8) is 0 Å². The Bertz CT molecular complexity index is 631. The van der Waals surface area contributed by atoms with E-state index >= 15 is 0 Å². The zero-order valence-electron chi connectivity index (χ0n) is 11.8. The molecule has 20 heavy (non-hydrogen) atoms. The molecule has 0 spiro atoms. The lowest BCUT2D eigenvalue weighted by atomic mass is 9.90. The number of benzene rings is 2.